The number of hydrogen-bond donors (Lipinski definition) is 3. The zero-order valence-corrected chi connectivity index (χ0v) is 14.8. The third-order valence-electron chi connectivity index (χ3n) is 3.70. The van der Waals surface area contributed by atoms with Crippen LogP contribution in [0.15, 0.2) is 47.5 Å². The second-order valence-electron chi connectivity index (χ2n) is 5.60. The van der Waals surface area contributed by atoms with E-state index in [1.165, 1.54) is 0 Å². The molecule has 5 nitrogen and oxygen atoms in total. The van der Waals surface area contributed by atoms with Gasteiger partial charge in [-0.3, -0.25) is 0 Å². The molecule has 0 aliphatic rings. The standard InChI is InChI=1S/C19H23F2N3O2/c1-3-22-19(23-11-14-9-15(20)7-8-17(14)21)24-12-18(25)13-5-4-6-16(10-13)26-2/h4-10,18,25H,3,11-12H2,1-2H3,(H2,22,23,24). The molecule has 0 saturated heterocycles. The van der Waals surface area contributed by atoms with E-state index in [1.54, 1.807) is 31.4 Å². The first-order valence-corrected chi connectivity index (χ1v) is 8.31. The van der Waals surface area contributed by atoms with Crippen LogP contribution in [0.5, 0.6) is 5.75 Å². The summed E-state index contributed by atoms with van der Waals surface area (Å²) in [6.07, 6.45) is -0.778. The van der Waals surface area contributed by atoms with Gasteiger partial charge in [0.05, 0.1) is 19.8 Å². The summed E-state index contributed by atoms with van der Waals surface area (Å²) in [6.45, 7) is 2.66. The predicted octanol–water partition coefficient (Wildman–Crippen LogP) is 2.76. The molecule has 0 radical (unpaired) electrons. The van der Waals surface area contributed by atoms with E-state index in [0.717, 1.165) is 18.2 Å². The molecule has 0 spiro atoms. The summed E-state index contributed by atoms with van der Waals surface area (Å²) in [4.78, 5) is 4.24. The summed E-state index contributed by atoms with van der Waals surface area (Å²) in [5.74, 6) is 0.0345. The van der Waals surface area contributed by atoms with Gasteiger partial charge in [0.2, 0.25) is 0 Å². The second kappa shape index (κ2) is 9.72. The Morgan fingerprint density at radius 2 is 2.00 bits per heavy atom. The Morgan fingerprint density at radius 1 is 1.19 bits per heavy atom. The number of halogens is 2. The average Bonchev–Trinajstić information content (AvgIpc) is 2.66. The molecule has 2 aromatic rings. The van der Waals surface area contributed by atoms with Gasteiger partial charge < -0.3 is 20.5 Å². The molecule has 0 heterocycles. The fourth-order valence-corrected chi connectivity index (χ4v) is 2.33. The number of aliphatic hydroxyl groups excluding tert-OH is 1. The van der Waals surface area contributed by atoms with Crippen LogP contribution in [-0.2, 0) is 6.54 Å². The van der Waals surface area contributed by atoms with Crippen LogP contribution in [0.25, 0.3) is 0 Å². The van der Waals surface area contributed by atoms with Gasteiger partial charge in [0.1, 0.15) is 17.4 Å². The summed E-state index contributed by atoms with van der Waals surface area (Å²) in [5.41, 5.74) is 0.861. The number of benzene rings is 2. The summed E-state index contributed by atoms with van der Waals surface area (Å²) in [6, 6.07) is 10.4. The first-order valence-electron chi connectivity index (χ1n) is 8.31. The van der Waals surface area contributed by atoms with Gasteiger partial charge in [-0.15, -0.1) is 0 Å². The van der Waals surface area contributed by atoms with E-state index in [9.17, 15) is 13.9 Å². The van der Waals surface area contributed by atoms with E-state index < -0.39 is 17.7 Å². The van der Waals surface area contributed by atoms with Crippen molar-refractivity contribution in [3.8, 4) is 5.75 Å². The van der Waals surface area contributed by atoms with Crippen molar-refractivity contribution < 1.29 is 18.6 Å². The van der Waals surface area contributed by atoms with E-state index in [0.29, 0.717) is 23.8 Å². The highest BCUT2D eigenvalue weighted by molar-refractivity contribution is 5.79. The molecule has 0 aliphatic carbocycles. The van der Waals surface area contributed by atoms with Crippen LogP contribution in [-0.4, -0.2) is 31.3 Å². The average molecular weight is 363 g/mol. The molecular formula is C19H23F2N3O2. The van der Waals surface area contributed by atoms with Gasteiger partial charge in [-0.2, -0.15) is 0 Å². The molecule has 2 rings (SSSR count). The van der Waals surface area contributed by atoms with E-state index in [-0.39, 0.29) is 18.7 Å². The molecule has 1 unspecified atom stereocenters. The Labute approximate surface area is 151 Å². The molecule has 26 heavy (non-hydrogen) atoms. The minimum absolute atomic E-state index is 0.0197. The number of nitrogens with zero attached hydrogens (tertiary/aromatic N) is 1. The van der Waals surface area contributed by atoms with Crippen molar-refractivity contribution in [3.63, 3.8) is 0 Å². The van der Waals surface area contributed by atoms with Crippen LogP contribution < -0.4 is 15.4 Å². The molecule has 2 aromatic carbocycles. The molecule has 140 valence electrons. The van der Waals surface area contributed by atoms with Crippen molar-refractivity contribution in [2.45, 2.75) is 19.6 Å². The zero-order valence-electron chi connectivity index (χ0n) is 14.8. The summed E-state index contributed by atoms with van der Waals surface area (Å²) >= 11 is 0. The number of hydrogen-bond acceptors (Lipinski definition) is 3. The Bertz CT molecular complexity index is 753. The van der Waals surface area contributed by atoms with Gasteiger partial charge in [-0.05, 0) is 42.8 Å². The van der Waals surface area contributed by atoms with Gasteiger partial charge in [-0.1, -0.05) is 12.1 Å². The monoisotopic (exact) mass is 363 g/mol. The minimum Gasteiger partial charge on any atom is -0.497 e. The van der Waals surface area contributed by atoms with E-state index >= 15 is 0 Å². The molecule has 0 fully saturated rings. The molecular weight excluding hydrogens is 340 g/mol. The topological polar surface area (TPSA) is 65.9 Å². The third kappa shape index (κ3) is 5.70. The smallest absolute Gasteiger partial charge is 0.191 e. The lowest BCUT2D eigenvalue weighted by molar-refractivity contribution is 0.180. The molecule has 0 aromatic heterocycles. The number of aliphatic hydroxyl groups is 1. The number of rotatable bonds is 7. The molecule has 0 aliphatic heterocycles. The van der Waals surface area contributed by atoms with Crippen LogP contribution in [0, 0.1) is 11.6 Å². The second-order valence-corrected chi connectivity index (χ2v) is 5.60. The van der Waals surface area contributed by atoms with Crippen LogP contribution in [0.1, 0.15) is 24.2 Å². The van der Waals surface area contributed by atoms with Crippen molar-refractivity contribution in [2.24, 2.45) is 4.99 Å². The molecule has 0 amide bonds. The quantitative estimate of drug-likeness (QED) is 0.523. The predicted molar refractivity (Wildman–Crippen MR) is 97.1 cm³/mol. The largest absolute Gasteiger partial charge is 0.497 e. The first kappa shape index (κ1) is 19.7. The fourth-order valence-electron chi connectivity index (χ4n) is 2.33. The van der Waals surface area contributed by atoms with Crippen molar-refractivity contribution >= 4 is 5.96 Å². The zero-order chi connectivity index (χ0) is 18.9. The molecule has 3 N–H and O–H groups in total. The Kier molecular flexibility index (Phi) is 7.35. The van der Waals surface area contributed by atoms with Crippen LogP contribution in [0.4, 0.5) is 8.78 Å². The maximum Gasteiger partial charge on any atom is 0.191 e. The highest BCUT2D eigenvalue weighted by atomic mass is 19.1. The number of nitrogens with one attached hydrogen (secondary N) is 2. The van der Waals surface area contributed by atoms with Gasteiger partial charge in [0, 0.05) is 18.7 Å². The lowest BCUT2D eigenvalue weighted by Crippen LogP contribution is -2.39. The van der Waals surface area contributed by atoms with E-state index in [2.05, 4.69) is 15.6 Å². The van der Waals surface area contributed by atoms with Crippen molar-refractivity contribution in [1.29, 1.82) is 0 Å². The number of aliphatic imine (C=N–C) groups is 1. The molecule has 0 saturated carbocycles. The normalized spacial score (nSPS) is 12.6. The number of ether oxygens (including phenoxy) is 1. The highest BCUT2D eigenvalue weighted by Gasteiger charge is 2.10. The lowest BCUT2D eigenvalue weighted by Gasteiger charge is -2.16. The van der Waals surface area contributed by atoms with Gasteiger partial charge in [-0.25, -0.2) is 13.8 Å². The number of methoxy groups -OCH3 is 1. The summed E-state index contributed by atoms with van der Waals surface area (Å²) < 4.78 is 32.1. The minimum atomic E-state index is -0.778. The van der Waals surface area contributed by atoms with E-state index in [1.807, 2.05) is 6.92 Å². The Morgan fingerprint density at radius 3 is 2.73 bits per heavy atom. The SMILES string of the molecule is CCNC(=NCc1cc(F)ccc1F)NCC(O)c1cccc(OC)c1. The Balaban J connectivity index is 2.01. The van der Waals surface area contributed by atoms with E-state index in [4.69, 9.17) is 4.74 Å². The maximum atomic E-state index is 13.7. The summed E-state index contributed by atoms with van der Waals surface area (Å²) in [5, 5.41) is 16.3. The summed E-state index contributed by atoms with van der Waals surface area (Å²) in [7, 11) is 1.56. The van der Waals surface area contributed by atoms with Crippen LogP contribution >= 0.6 is 0 Å². The van der Waals surface area contributed by atoms with Gasteiger partial charge >= 0.3 is 0 Å². The third-order valence-corrected chi connectivity index (χ3v) is 3.70. The highest BCUT2D eigenvalue weighted by Crippen LogP contribution is 2.18. The molecule has 7 heteroatoms. The lowest BCUT2D eigenvalue weighted by atomic mass is 10.1. The fraction of sp³-hybridized carbons (Fsp3) is 0.316. The van der Waals surface area contributed by atoms with Gasteiger partial charge in [0.15, 0.2) is 5.96 Å². The maximum absolute atomic E-state index is 13.7. The first-order chi connectivity index (χ1) is 12.5. The molecule has 0 bridgehead atoms. The van der Waals surface area contributed by atoms with Crippen LogP contribution in [0.3, 0.4) is 0 Å². The van der Waals surface area contributed by atoms with Crippen LogP contribution in [0.2, 0.25) is 0 Å². The molecule has 1 atom stereocenters. The number of guanidine groups is 1. The Hall–Kier alpha value is -2.67. The van der Waals surface area contributed by atoms with Gasteiger partial charge in [0.25, 0.3) is 0 Å². The van der Waals surface area contributed by atoms with Crippen molar-refractivity contribution in [3.05, 3.63) is 65.2 Å². The van der Waals surface area contributed by atoms with Crippen molar-refractivity contribution in [2.75, 3.05) is 20.2 Å². The van der Waals surface area contributed by atoms with Crippen molar-refractivity contribution in [1.82, 2.24) is 10.6 Å².